The van der Waals surface area contributed by atoms with Gasteiger partial charge in [-0.3, -0.25) is 0 Å². The molecule has 0 bridgehead atoms. The first-order chi connectivity index (χ1) is 10.3. The van der Waals surface area contributed by atoms with Gasteiger partial charge in [-0.15, -0.1) is 0 Å². The second-order valence-electron chi connectivity index (χ2n) is 4.89. The van der Waals surface area contributed by atoms with E-state index >= 15 is 0 Å². The molecule has 0 radical (unpaired) electrons. The lowest BCUT2D eigenvalue weighted by Gasteiger charge is -2.09. The first-order valence-electron chi connectivity index (χ1n) is 6.73. The number of rotatable bonds is 1. The lowest BCUT2D eigenvalue weighted by Crippen LogP contribution is -1.92. The van der Waals surface area contributed by atoms with Gasteiger partial charge < -0.3 is 0 Å². The zero-order chi connectivity index (χ0) is 14.2. The van der Waals surface area contributed by atoms with Gasteiger partial charge in [0.05, 0.1) is 11.2 Å². The maximum atomic E-state index is 6.10. The van der Waals surface area contributed by atoms with Gasteiger partial charge >= 0.3 is 0 Å². The van der Waals surface area contributed by atoms with Crippen LogP contribution < -0.4 is 0 Å². The average molecular weight is 291 g/mol. The number of halogens is 1. The summed E-state index contributed by atoms with van der Waals surface area (Å²) in [4.78, 5) is 8.84. The van der Waals surface area contributed by atoms with Crippen LogP contribution in [-0.4, -0.2) is 9.97 Å². The molecule has 0 atom stereocenters. The van der Waals surface area contributed by atoms with Gasteiger partial charge in [-0.1, -0.05) is 60.7 Å². The molecule has 3 aromatic carbocycles. The number of hydrogen-bond acceptors (Lipinski definition) is 2. The summed E-state index contributed by atoms with van der Waals surface area (Å²) >= 11 is 6.10. The number of aromatic nitrogens is 2. The first kappa shape index (κ1) is 12.3. The number of fused-ring (bicyclic) bond motifs is 3. The maximum absolute atomic E-state index is 6.10. The molecule has 0 N–H and O–H groups in total. The van der Waals surface area contributed by atoms with E-state index in [0.717, 1.165) is 27.5 Å². The lowest BCUT2D eigenvalue weighted by molar-refractivity contribution is 1.23. The van der Waals surface area contributed by atoms with Gasteiger partial charge in [0.25, 0.3) is 0 Å². The largest absolute Gasteiger partial charge is 0.223 e. The minimum absolute atomic E-state index is 0.275. The van der Waals surface area contributed by atoms with Gasteiger partial charge in [0.1, 0.15) is 0 Å². The Bertz CT molecular complexity index is 949. The van der Waals surface area contributed by atoms with E-state index in [2.05, 4.69) is 28.2 Å². The summed E-state index contributed by atoms with van der Waals surface area (Å²) in [5, 5.41) is 3.64. The Hall–Kier alpha value is -2.45. The van der Waals surface area contributed by atoms with Crippen molar-refractivity contribution in [2.75, 3.05) is 0 Å². The van der Waals surface area contributed by atoms with Gasteiger partial charge in [0, 0.05) is 10.9 Å². The summed E-state index contributed by atoms with van der Waals surface area (Å²) in [7, 11) is 0. The maximum Gasteiger partial charge on any atom is 0.223 e. The van der Waals surface area contributed by atoms with Crippen LogP contribution in [0.5, 0.6) is 0 Å². The summed E-state index contributed by atoms with van der Waals surface area (Å²) in [6, 6.07) is 22.4. The topological polar surface area (TPSA) is 25.8 Å². The number of benzene rings is 3. The molecule has 0 aliphatic carbocycles. The predicted octanol–water partition coefficient (Wildman–Crippen LogP) is 5.10. The summed E-state index contributed by atoms with van der Waals surface area (Å²) in [6.07, 6.45) is 0. The fourth-order valence-electron chi connectivity index (χ4n) is 2.68. The third kappa shape index (κ3) is 2.05. The third-order valence-electron chi connectivity index (χ3n) is 3.61. The van der Waals surface area contributed by atoms with Crippen LogP contribution in [0.15, 0.2) is 66.7 Å². The Labute approximate surface area is 127 Å². The van der Waals surface area contributed by atoms with Crippen molar-refractivity contribution in [3.05, 3.63) is 72.0 Å². The van der Waals surface area contributed by atoms with E-state index in [1.54, 1.807) is 0 Å². The Morgan fingerprint density at radius 3 is 2.33 bits per heavy atom. The average Bonchev–Trinajstić information content (AvgIpc) is 2.54. The van der Waals surface area contributed by atoms with E-state index in [4.69, 9.17) is 11.6 Å². The molecular weight excluding hydrogens is 280 g/mol. The van der Waals surface area contributed by atoms with E-state index in [1.807, 2.05) is 48.5 Å². The van der Waals surface area contributed by atoms with Crippen molar-refractivity contribution < 1.29 is 0 Å². The highest BCUT2D eigenvalue weighted by Crippen LogP contribution is 2.32. The molecule has 4 rings (SSSR count). The van der Waals surface area contributed by atoms with Crippen molar-refractivity contribution in [3.8, 4) is 11.3 Å². The number of nitrogens with zero attached hydrogens (tertiary/aromatic N) is 2. The molecule has 3 heteroatoms. The zero-order valence-corrected chi connectivity index (χ0v) is 11.9. The Balaban J connectivity index is 2.21. The summed E-state index contributed by atoms with van der Waals surface area (Å²) in [5.74, 6) is 0. The normalized spacial score (nSPS) is 11.1. The molecule has 1 heterocycles. The molecule has 4 aromatic rings. The van der Waals surface area contributed by atoms with Crippen molar-refractivity contribution in [1.29, 1.82) is 0 Å². The molecule has 1 aromatic heterocycles. The summed E-state index contributed by atoms with van der Waals surface area (Å²) in [5.41, 5.74) is 2.79. The second-order valence-corrected chi connectivity index (χ2v) is 5.23. The zero-order valence-electron chi connectivity index (χ0n) is 11.1. The molecule has 0 aliphatic rings. The van der Waals surface area contributed by atoms with E-state index in [1.165, 1.54) is 5.39 Å². The van der Waals surface area contributed by atoms with Crippen LogP contribution in [0.4, 0.5) is 0 Å². The molecule has 0 amide bonds. The molecular formula is C18H11ClN2. The van der Waals surface area contributed by atoms with Crippen LogP contribution in [0.2, 0.25) is 5.28 Å². The Kier molecular flexibility index (Phi) is 2.83. The first-order valence-corrected chi connectivity index (χ1v) is 7.11. The van der Waals surface area contributed by atoms with E-state index in [9.17, 15) is 0 Å². The lowest BCUT2D eigenvalue weighted by atomic mass is 10.0. The van der Waals surface area contributed by atoms with Crippen LogP contribution >= 0.6 is 11.6 Å². The molecule has 21 heavy (non-hydrogen) atoms. The van der Waals surface area contributed by atoms with Crippen LogP contribution in [0.3, 0.4) is 0 Å². The summed E-state index contributed by atoms with van der Waals surface area (Å²) in [6.45, 7) is 0. The van der Waals surface area contributed by atoms with Crippen LogP contribution in [0.1, 0.15) is 0 Å². The standard InChI is InChI=1S/C18H11ClN2/c19-18-20-15-11-10-12-6-4-5-9-14(12)16(15)17(21-18)13-7-2-1-3-8-13/h1-11H. The molecule has 0 fully saturated rings. The van der Waals surface area contributed by atoms with Crippen LogP contribution in [0, 0.1) is 0 Å². The monoisotopic (exact) mass is 290 g/mol. The second kappa shape index (κ2) is 4.83. The quantitative estimate of drug-likeness (QED) is 0.360. The van der Waals surface area contributed by atoms with Crippen molar-refractivity contribution in [2.24, 2.45) is 0 Å². The molecule has 0 unspecified atom stereocenters. The predicted molar refractivity (Wildman–Crippen MR) is 87.5 cm³/mol. The van der Waals surface area contributed by atoms with Crippen LogP contribution in [-0.2, 0) is 0 Å². The molecule has 0 saturated heterocycles. The van der Waals surface area contributed by atoms with Crippen molar-refractivity contribution in [3.63, 3.8) is 0 Å². The van der Waals surface area contributed by atoms with Gasteiger partial charge in [0.15, 0.2) is 0 Å². The fourth-order valence-corrected chi connectivity index (χ4v) is 2.86. The Morgan fingerprint density at radius 1 is 0.714 bits per heavy atom. The SMILES string of the molecule is Clc1nc(-c2ccccc2)c2c(ccc3ccccc32)n1. The fraction of sp³-hybridized carbons (Fsp3) is 0. The van der Waals surface area contributed by atoms with E-state index in [-0.39, 0.29) is 5.28 Å². The highest BCUT2D eigenvalue weighted by molar-refractivity contribution is 6.29. The highest BCUT2D eigenvalue weighted by Gasteiger charge is 2.11. The van der Waals surface area contributed by atoms with Gasteiger partial charge in [-0.05, 0) is 28.4 Å². The molecule has 100 valence electrons. The minimum Gasteiger partial charge on any atom is -0.218 e. The minimum atomic E-state index is 0.275. The molecule has 0 aliphatic heterocycles. The van der Waals surface area contributed by atoms with Gasteiger partial charge in [-0.25, -0.2) is 9.97 Å². The molecule has 0 saturated carbocycles. The van der Waals surface area contributed by atoms with Crippen LogP contribution in [0.25, 0.3) is 32.9 Å². The van der Waals surface area contributed by atoms with Crippen molar-refractivity contribution in [1.82, 2.24) is 9.97 Å². The van der Waals surface area contributed by atoms with Crippen molar-refractivity contribution >= 4 is 33.3 Å². The third-order valence-corrected chi connectivity index (χ3v) is 3.78. The number of hydrogen-bond donors (Lipinski definition) is 0. The van der Waals surface area contributed by atoms with E-state index in [0.29, 0.717) is 0 Å². The van der Waals surface area contributed by atoms with E-state index < -0.39 is 0 Å². The molecule has 0 spiro atoms. The smallest absolute Gasteiger partial charge is 0.218 e. The highest BCUT2D eigenvalue weighted by atomic mass is 35.5. The Morgan fingerprint density at radius 2 is 1.48 bits per heavy atom. The van der Waals surface area contributed by atoms with Crippen molar-refractivity contribution in [2.45, 2.75) is 0 Å². The van der Waals surface area contributed by atoms with Gasteiger partial charge in [-0.2, -0.15) is 0 Å². The molecule has 2 nitrogen and oxygen atoms in total. The summed E-state index contributed by atoms with van der Waals surface area (Å²) < 4.78 is 0. The van der Waals surface area contributed by atoms with Gasteiger partial charge in [0.2, 0.25) is 5.28 Å².